The number of ether oxygens (including phenoxy) is 1. The van der Waals surface area contributed by atoms with Gasteiger partial charge in [-0.25, -0.2) is 0 Å². The Morgan fingerprint density at radius 1 is 1.09 bits per heavy atom. The van der Waals surface area contributed by atoms with Gasteiger partial charge in [-0.05, 0) is 29.7 Å². The molecule has 2 aromatic carbocycles. The molecule has 1 amide bonds. The highest BCUT2D eigenvalue weighted by Crippen LogP contribution is 2.28. The van der Waals surface area contributed by atoms with Crippen molar-refractivity contribution in [2.24, 2.45) is 0 Å². The van der Waals surface area contributed by atoms with E-state index in [1.54, 1.807) is 13.2 Å². The summed E-state index contributed by atoms with van der Waals surface area (Å²) in [7, 11) is 1.66. The van der Waals surface area contributed by atoms with E-state index in [-0.39, 0.29) is 23.7 Å². The highest BCUT2D eigenvalue weighted by Gasteiger charge is 2.23. The van der Waals surface area contributed by atoms with Gasteiger partial charge in [0, 0.05) is 44.5 Å². The van der Waals surface area contributed by atoms with Crippen molar-refractivity contribution in [1.82, 2.24) is 20.0 Å². The Kier molecular flexibility index (Phi) is 5.99. The van der Waals surface area contributed by atoms with Gasteiger partial charge in [-0.3, -0.25) is 9.59 Å². The standard InChI is InChI=1S/C25H25N5O4/c1-33-21-9-5-4-8-20(21)29-12-14-30(15-13-29)23(31)11-10-22-27-24(28-34-22)18-16-17-6-2-3-7-19(17)26-25(18)32/h2-9,16H,10-15H2,1H3,(H,26,32). The van der Waals surface area contributed by atoms with Crippen molar-refractivity contribution < 1.29 is 14.1 Å². The lowest BCUT2D eigenvalue weighted by molar-refractivity contribution is -0.131. The van der Waals surface area contributed by atoms with E-state index >= 15 is 0 Å². The third kappa shape index (κ3) is 4.36. The maximum atomic E-state index is 12.8. The largest absolute Gasteiger partial charge is 0.495 e. The lowest BCUT2D eigenvalue weighted by atomic mass is 10.1. The number of hydrogen-bond acceptors (Lipinski definition) is 7. The topological polar surface area (TPSA) is 105 Å². The predicted molar refractivity (Wildman–Crippen MR) is 128 cm³/mol. The molecule has 34 heavy (non-hydrogen) atoms. The zero-order valence-corrected chi connectivity index (χ0v) is 18.9. The first-order valence-electron chi connectivity index (χ1n) is 11.2. The molecule has 1 aliphatic heterocycles. The molecule has 1 N–H and O–H groups in total. The van der Waals surface area contributed by atoms with Crippen molar-refractivity contribution >= 4 is 22.5 Å². The number of anilines is 1. The van der Waals surface area contributed by atoms with E-state index in [0.29, 0.717) is 31.0 Å². The van der Waals surface area contributed by atoms with Gasteiger partial charge in [-0.2, -0.15) is 4.98 Å². The van der Waals surface area contributed by atoms with Gasteiger partial charge in [0.1, 0.15) is 5.75 Å². The van der Waals surface area contributed by atoms with E-state index in [2.05, 4.69) is 20.0 Å². The highest BCUT2D eigenvalue weighted by atomic mass is 16.5. The Bertz CT molecular complexity index is 1370. The molecule has 0 unspecified atom stereocenters. The van der Waals surface area contributed by atoms with Crippen molar-refractivity contribution in [2.75, 3.05) is 38.2 Å². The number of nitrogens with zero attached hydrogens (tertiary/aromatic N) is 4. The van der Waals surface area contributed by atoms with E-state index in [1.807, 2.05) is 53.4 Å². The second-order valence-corrected chi connectivity index (χ2v) is 8.15. The van der Waals surface area contributed by atoms with Crippen molar-refractivity contribution in [3.8, 4) is 17.1 Å². The van der Waals surface area contributed by atoms with Crippen LogP contribution in [-0.4, -0.2) is 59.2 Å². The van der Waals surface area contributed by atoms with Gasteiger partial charge in [-0.1, -0.05) is 35.5 Å². The number of nitrogens with one attached hydrogen (secondary N) is 1. The number of pyridine rings is 1. The van der Waals surface area contributed by atoms with E-state index < -0.39 is 0 Å². The molecular weight excluding hydrogens is 434 g/mol. The molecular formula is C25H25N5O4. The Hall–Kier alpha value is -4.14. The van der Waals surface area contributed by atoms with E-state index in [9.17, 15) is 9.59 Å². The van der Waals surface area contributed by atoms with E-state index in [1.165, 1.54) is 0 Å². The van der Waals surface area contributed by atoms with Crippen LogP contribution in [0, 0.1) is 0 Å². The number of aromatic nitrogens is 3. The molecule has 5 rings (SSSR count). The zero-order valence-electron chi connectivity index (χ0n) is 18.9. The molecule has 1 fully saturated rings. The molecule has 1 saturated heterocycles. The molecule has 9 heteroatoms. The van der Waals surface area contributed by atoms with Crippen LogP contribution >= 0.6 is 0 Å². The summed E-state index contributed by atoms with van der Waals surface area (Å²) in [6, 6.07) is 17.1. The third-order valence-corrected chi connectivity index (χ3v) is 6.07. The number of rotatable bonds is 6. The van der Waals surface area contributed by atoms with Gasteiger partial charge in [0.05, 0.1) is 18.4 Å². The van der Waals surface area contributed by atoms with Crippen LogP contribution in [0.1, 0.15) is 12.3 Å². The monoisotopic (exact) mass is 459 g/mol. The first-order chi connectivity index (χ1) is 16.6. The smallest absolute Gasteiger partial charge is 0.259 e. The average molecular weight is 460 g/mol. The molecule has 174 valence electrons. The molecule has 0 atom stereocenters. The number of benzene rings is 2. The number of piperazine rings is 1. The summed E-state index contributed by atoms with van der Waals surface area (Å²) in [5.74, 6) is 1.44. The van der Waals surface area contributed by atoms with Crippen molar-refractivity contribution in [3.05, 3.63) is 70.8 Å². The fourth-order valence-corrected chi connectivity index (χ4v) is 4.24. The lowest BCUT2D eigenvalue weighted by Gasteiger charge is -2.36. The summed E-state index contributed by atoms with van der Waals surface area (Å²) in [5, 5.41) is 4.84. The van der Waals surface area contributed by atoms with Gasteiger partial charge in [0.15, 0.2) is 0 Å². The van der Waals surface area contributed by atoms with Crippen LogP contribution in [0.15, 0.2) is 63.9 Å². The number of aromatic amines is 1. The Labute approximate surface area is 196 Å². The van der Waals surface area contributed by atoms with E-state index in [4.69, 9.17) is 9.26 Å². The van der Waals surface area contributed by atoms with E-state index in [0.717, 1.165) is 35.4 Å². The van der Waals surface area contributed by atoms with Gasteiger partial charge >= 0.3 is 0 Å². The van der Waals surface area contributed by atoms with Crippen molar-refractivity contribution in [2.45, 2.75) is 12.8 Å². The number of carbonyl (C=O) groups excluding carboxylic acids is 1. The van der Waals surface area contributed by atoms with Crippen molar-refractivity contribution in [1.29, 1.82) is 0 Å². The number of para-hydroxylation sites is 3. The summed E-state index contributed by atoms with van der Waals surface area (Å²) in [6.07, 6.45) is 0.592. The normalized spacial score (nSPS) is 13.9. The fourth-order valence-electron chi connectivity index (χ4n) is 4.24. The predicted octanol–water partition coefficient (Wildman–Crippen LogP) is 2.87. The Balaban J connectivity index is 1.19. The Morgan fingerprint density at radius 3 is 2.68 bits per heavy atom. The summed E-state index contributed by atoms with van der Waals surface area (Å²) in [6.45, 7) is 2.75. The molecule has 9 nitrogen and oxygen atoms in total. The molecule has 4 aromatic rings. The number of carbonyl (C=O) groups is 1. The maximum Gasteiger partial charge on any atom is 0.259 e. The minimum absolute atomic E-state index is 0.0444. The minimum Gasteiger partial charge on any atom is -0.495 e. The number of H-pyrrole nitrogens is 1. The van der Waals surface area contributed by atoms with Crippen LogP contribution in [0.4, 0.5) is 5.69 Å². The third-order valence-electron chi connectivity index (χ3n) is 6.07. The molecule has 3 heterocycles. The van der Waals surface area contributed by atoms with Crippen LogP contribution in [0.2, 0.25) is 0 Å². The Morgan fingerprint density at radius 2 is 1.85 bits per heavy atom. The number of aryl methyl sites for hydroxylation is 1. The maximum absolute atomic E-state index is 12.8. The van der Waals surface area contributed by atoms with Gasteiger partial charge in [0.2, 0.25) is 17.6 Å². The lowest BCUT2D eigenvalue weighted by Crippen LogP contribution is -2.48. The quantitative estimate of drug-likeness (QED) is 0.473. The molecule has 0 saturated carbocycles. The molecule has 2 aromatic heterocycles. The summed E-state index contributed by atoms with van der Waals surface area (Å²) in [4.78, 5) is 36.5. The van der Waals surface area contributed by atoms with Crippen LogP contribution in [0.3, 0.4) is 0 Å². The molecule has 1 aliphatic rings. The highest BCUT2D eigenvalue weighted by molar-refractivity contribution is 5.82. The first kappa shape index (κ1) is 21.7. The zero-order chi connectivity index (χ0) is 23.5. The van der Waals surface area contributed by atoms with Crippen molar-refractivity contribution in [3.63, 3.8) is 0 Å². The van der Waals surface area contributed by atoms with Crippen LogP contribution in [-0.2, 0) is 11.2 Å². The van der Waals surface area contributed by atoms with Gasteiger partial charge < -0.3 is 24.0 Å². The number of hydrogen-bond donors (Lipinski definition) is 1. The second-order valence-electron chi connectivity index (χ2n) is 8.15. The molecule has 0 bridgehead atoms. The SMILES string of the molecule is COc1ccccc1N1CCN(C(=O)CCc2nc(-c3cc4ccccc4[nH]c3=O)no2)CC1. The van der Waals surface area contributed by atoms with Gasteiger partial charge in [0.25, 0.3) is 5.56 Å². The summed E-state index contributed by atoms with van der Waals surface area (Å²) < 4.78 is 10.8. The van der Waals surface area contributed by atoms with Crippen LogP contribution in [0.25, 0.3) is 22.3 Å². The second kappa shape index (κ2) is 9.38. The summed E-state index contributed by atoms with van der Waals surface area (Å²) in [5.41, 5.74) is 1.85. The van der Waals surface area contributed by atoms with Gasteiger partial charge in [-0.15, -0.1) is 0 Å². The minimum atomic E-state index is -0.282. The molecule has 0 radical (unpaired) electrons. The van der Waals surface area contributed by atoms with Crippen LogP contribution < -0.4 is 15.2 Å². The number of methoxy groups -OCH3 is 1. The number of fused-ring (bicyclic) bond motifs is 1. The molecule has 0 aliphatic carbocycles. The molecule has 0 spiro atoms. The summed E-state index contributed by atoms with van der Waals surface area (Å²) >= 11 is 0. The average Bonchev–Trinajstić information content (AvgIpc) is 3.35. The fraction of sp³-hybridized carbons (Fsp3) is 0.280. The first-order valence-corrected chi connectivity index (χ1v) is 11.2. The van der Waals surface area contributed by atoms with Crippen LogP contribution in [0.5, 0.6) is 5.75 Å². The number of amides is 1.